The molecule has 1 fully saturated rings. The Kier molecular flexibility index (Phi) is 4.81. The highest BCUT2D eigenvalue weighted by atomic mass is 32.1. The highest BCUT2D eigenvalue weighted by molar-refractivity contribution is 7.10. The molecule has 1 aliphatic rings. The van der Waals surface area contributed by atoms with Gasteiger partial charge < -0.3 is 15.2 Å². The van der Waals surface area contributed by atoms with Crippen molar-refractivity contribution in [3.8, 4) is 5.75 Å². The summed E-state index contributed by atoms with van der Waals surface area (Å²) < 4.78 is 5.92. The molecule has 0 spiro atoms. The van der Waals surface area contributed by atoms with E-state index in [-0.39, 0.29) is 0 Å². The highest BCUT2D eigenvalue weighted by Gasteiger charge is 2.24. The maximum atomic E-state index is 10.5. The smallest absolute Gasteiger partial charge is 0.123 e. The van der Waals surface area contributed by atoms with Gasteiger partial charge in [-0.05, 0) is 43.2 Å². The maximum absolute atomic E-state index is 10.5. The van der Waals surface area contributed by atoms with E-state index in [1.54, 1.807) is 11.3 Å². The quantitative estimate of drug-likeness (QED) is 0.782. The summed E-state index contributed by atoms with van der Waals surface area (Å²) in [6.07, 6.45) is 2.59. The fraction of sp³-hybridized carbons (Fsp3) is 0.444. The molecule has 3 rings (SSSR count). The SMILES string of the molecule is CC(O)(CNCc1ccccc1OCC1CC1)c1cccs1. The van der Waals surface area contributed by atoms with Gasteiger partial charge in [0.05, 0.1) is 6.61 Å². The molecule has 1 unspecified atom stereocenters. The Hall–Kier alpha value is -1.36. The van der Waals surface area contributed by atoms with Crippen LogP contribution in [0, 0.1) is 5.92 Å². The molecule has 1 heterocycles. The Morgan fingerprint density at radius 3 is 2.82 bits per heavy atom. The van der Waals surface area contributed by atoms with E-state index in [1.165, 1.54) is 12.8 Å². The summed E-state index contributed by atoms with van der Waals surface area (Å²) in [5.41, 5.74) is 0.308. The van der Waals surface area contributed by atoms with Crippen LogP contribution in [0.2, 0.25) is 0 Å². The normalized spacial score (nSPS) is 17.2. The summed E-state index contributed by atoms with van der Waals surface area (Å²) in [4.78, 5) is 0.985. The lowest BCUT2D eigenvalue weighted by Gasteiger charge is -2.22. The van der Waals surface area contributed by atoms with Crippen LogP contribution in [0.5, 0.6) is 5.75 Å². The third kappa shape index (κ3) is 4.09. The molecular formula is C18H23NO2S. The van der Waals surface area contributed by atoms with Crippen molar-refractivity contribution >= 4 is 11.3 Å². The maximum Gasteiger partial charge on any atom is 0.123 e. The lowest BCUT2D eigenvalue weighted by Crippen LogP contribution is -2.34. The van der Waals surface area contributed by atoms with E-state index >= 15 is 0 Å². The zero-order chi connectivity index (χ0) is 15.4. The van der Waals surface area contributed by atoms with Crippen molar-refractivity contribution in [1.29, 1.82) is 0 Å². The molecule has 0 bridgehead atoms. The van der Waals surface area contributed by atoms with Gasteiger partial charge in [0.1, 0.15) is 11.4 Å². The number of nitrogens with one attached hydrogen (secondary N) is 1. The van der Waals surface area contributed by atoms with Crippen LogP contribution in [0.3, 0.4) is 0 Å². The molecule has 4 heteroatoms. The van der Waals surface area contributed by atoms with E-state index in [0.29, 0.717) is 13.1 Å². The van der Waals surface area contributed by atoms with Crippen molar-refractivity contribution in [3.63, 3.8) is 0 Å². The zero-order valence-electron chi connectivity index (χ0n) is 12.9. The van der Waals surface area contributed by atoms with Crippen molar-refractivity contribution < 1.29 is 9.84 Å². The Morgan fingerprint density at radius 2 is 2.09 bits per heavy atom. The number of hydrogen-bond acceptors (Lipinski definition) is 4. The average molecular weight is 317 g/mol. The van der Waals surface area contributed by atoms with E-state index in [2.05, 4.69) is 11.4 Å². The zero-order valence-corrected chi connectivity index (χ0v) is 13.7. The summed E-state index contributed by atoms with van der Waals surface area (Å²) in [5, 5.41) is 15.9. The first kappa shape index (κ1) is 15.5. The molecular weight excluding hydrogens is 294 g/mol. The molecule has 0 saturated heterocycles. The first-order chi connectivity index (χ1) is 10.6. The van der Waals surface area contributed by atoms with Crippen LogP contribution in [0.1, 0.15) is 30.2 Å². The number of aliphatic hydroxyl groups is 1. The number of para-hydroxylation sites is 1. The van der Waals surface area contributed by atoms with E-state index in [9.17, 15) is 5.11 Å². The third-order valence-corrected chi connectivity index (χ3v) is 5.10. The van der Waals surface area contributed by atoms with Crippen molar-refractivity contribution in [1.82, 2.24) is 5.32 Å². The van der Waals surface area contributed by atoms with E-state index in [4.69, 9.17) is 4.74 Å². The van der Waals surface area contributed by atoms with Gasteiger partial charge in [0.15, 0.2) is 0 Å². The Balaban J connectivity index is 1.54. The van der Waals surface area contributed by atoms with Crippen LogP contribution in [-0.4, -0.2) is 18.3 Å². The number of thiophene rings is 1. The van der Waals surface area contributed by atoms with Crippen molar-refractivity contribution in [2.45, 2.75) is 31.9 Å². The fourth-order valence-electron chi connectivity index (χ4n) is 2.40. The second-order valence-corrected chi connectivity index (χ2v) is 7.16. The summed E-state index contributed by atoms with van der Waals surface area (Å²) in [5.74, 6) is 1.71. The predicted molar refractivity (Wildman–Crippen MR) is 90.3 cm³/mol. The van der Waals surface area contributed by atoms with Gasteiger partial charge in [-0.15, -0.1) is 11.3 Å². The van der Waals surface area contributed by atoms with Crippen LogP contribution in [-0.2, 0) is 12.1 Å². The molecule has 118 valence electrons. The summed E-state index contributed by atoms with van der Waals surface area (Å²) >= 11 is 1.58. The minimum absolute atomic E-state index is 0.518. The minimum atomic E-state index is -0.835. The first-order valence-corrected chi connectivity index (χ1v) is 8.71. The van der Waals surface area contributed by atoms with Gasteiger partial charge in [-0.3, -0.25) is 0 Å². The van der Waals surface area contributed by atoms with E-state index < -0.39 is 5.60 Å². The lowest BCUT2D eigenvalue weighted by atomic mass is 10.1. The van der Waals surface area contributed by atoms with Crippen LogP contribution in [0.15, 0.2) is 41.8 Å². The van der Waals surface area contributed by atoms with Gasteiger partial charge >= 0.3 is 0 Å². The van der Waals surface area contributed by atoms with E-state index in [0.717, 1.165) is 28.7 Å². The van der Waals surface area contributed by atoms with Gasteiger partial charge in [0.25, 0.3) is 0 Å². The summed E-state index contributed by atoms with van der Waals surface area (Å²) in [6, 6.07) is 12.1. The first-order valence-electron chi connectivity index (χ1n) is 7.83. The van der Waals surface area contributed by atoms with Gasteiger partial charge in [0.2, 0.25) is 0 Å². The molecule has 0 amide bonds. The van der Waals surface area contributed by atoms with Crippen molar-refractivity contribution in [3.05, 3.63) is 52.2 Å². The Labute approximate surface area is 136 Å². The number of benzene rings is 1. The third-order valence-electron chi connectivity index (χ3n) is 3.98. The largest absolute Gasteiger partial charge is 0.493 e. The number of ether oxygens (including phenoxy) is 1. The topological polar surface area (TPSA) is 41.5 Å². The highest BCUT2D eigenvalue weighted by Crippen LogP contribution is 2.30. The molecule has 3 nitrogen and oxygen atoms in total. The van der Waals surface area contributed by atoms with Gasteiger partial charge in [0, 0.05) is 23.5 Å². The molecule has 1 aromatic carbocycles. The second-order valence-electron chi connectivity index (χ2n) is 6.22. The van der Waals surface area contributed by atoms with Crippen LogP contribution < -0.4 is 10.1 Å². The molecule has 2 aromatic rings. The van der Waals surface area contributed by atoms with Crippen LogP contribution in [0.25, 0.3) is 0 Å². The minimum Gasteiger partial charge on any atom is -0.493 e. The van der Waals surface area contributed by atoms with Crippen LogP contribution in [0.4, 0.5) is 0 Å². The van der Waals surface area contributed by atoms with Crippen molar-refractivity contribution in [2.75, 3.05) is 13.2 Å². The number of hydrogen-bond donors (Lipinski definition) is 2. The lowest BCUT2D eigenvalue weighted by molar-refractivity contribution is 0.0603. The fourth-order valence-corrected chi connectivity index (χ4v) is 3.18. The predicted octanol–water partition coefficient (Wildman–Crippen LogP) is 3.53. The monoisotopic (exact) mass is 317 g/mol. The molecule has 1 atom stereocenters. The second kappa shape index (κ2) is 6.82. The van der Waals surface area contributed by atoms with Gasteiger partial charge in [-0.2, -0.15) is 0 Å². The summed E-state index contributed by atoms with van der Waals surface area (Å²) in [6.45, 7) is 3.89. The molecule has 1 aliphatic carbocycles. The van der Waals surface area contributed by atoms with Crippen molar-refractivity contribution in [2.24, 2.45) is 5.92 Å². The average Bonchev–Trinajstić information content (AvgIpc) is 3.16. The molecule has 1 saturated carbocycles. The number of rotatable bonds is 8. The summed E-state index contributed by atoms with van der Waals surface area (Å²) in [7, 11) is 0. The standard InChI is InChI=1S/C18H23NO2S/c1-18(20,17-7-4-10-22-17)13-19-11-15-5-2-3-6-16(15)21-12-14-8-9-14/h2-7,10,14,19-20H,8-9,11-13H2,1H3. The van der Waals surface area contributed by atoms with Gasteiger partial charge in [-0.25, -0.2) is 0 Å². The molecule has 22 heavy (non-hydrogen) atoms. The van der Waals surface area contributed by atoms with E-state index in [1.807, 2.05) is 42.6 Å². The Bertz CT molecular complexity index is 591. The van der Waals surface area contributed by atoms with Crippen LogP contribution >= 0.6 is 11.3 Å². The Morgan fingerprint density at radius 1 is 1.27 bits per heavy atom. The molecule has 0 radical (unpaired) electrons. The van der Waals surface area contributed by atoms with Gasteiger partial charge in [-0.1, -0.05) is 24.3 Å². The molecule has 0 aliphatic heterocycles. The molecule has 2 N–H and O–H groups in total. The molecule has 1 aromatic heterocycles.